The van der Waals surface area contributed by atoms with Crippen molar-refractivity contribution in [1.82, 2.24) is 9.58 Å². The molecule has 0 aliphatic carbocycles. The molecular formula is C25H20ClN5OS. The summed E-state index contributed by atoms with van der Waals surface area (Å²) in [5.41, 5.74) is 5.88. The van der Waals surface area contributed by atoms with Crippen LogP contribution in [0.15, 0.2) is 70.3 Å². The van der Waals surface area contributed by atoms with E-state index in [1.807, 2.05) is 75.4 Å². The molecule has 1 aromatic heterocycles. The second-order valence-electron chi connectivity index (χ2n) is 7.89. The molecule has 164 valence electrons. The van der Waals surface area contributed by atoms with Gasteiger partial charge in [-0.2, -0.15) is 15.1 Å². The van der Waals surface area contributed by atoms with E-state index in [1.165, 1.54) is 16.8 Å². The van der Waals surface area contributed by atoms with Gasteiger partial charge in [0.2, 0.25) is 5.17 Å². The summed E-state index contributed by atoms with van der Waals surface area (Å²) < 4.78 is 2.08. The Kier molecular flexibility index (Phi) is 5.31. The minimum Gasteiger partial charge on any atom is -0.318 e. The molecule has 5 rings (SSSR count). The summed E-state index contributed by atoms with van der Waals surface area (Å²) in [7, 11) is 0. The van der Waals surface area contributed by atoms with E-state index in [4.69, 9.17) is 17.0 Å². The first kappa shape index (κ1) is 21.4. The molecule has 6 nitrogen and oxygen atoms in total. The second-order valence-corrected chi connectivity index (χ2v) is 9.25. The van der Waals surface area contributed by atoms with Crippen LogP contribution in [-0.2, 0) is 4.79 Å². The molecule has 0 spiro atoms. The number of amides is 1. The molecule has 0 bridgehead atoms. The standard InChI is InChI=1S/C25H20ClN5OS/c1-14-9-10-19(13-21(14)26)30-15(2)11-18(16(30)3)12-20-22(27)31-25(28-23(20)32)33-24(29-31)17-7-5-4-6-8-17/h4-13,27H,1-3H3/b20-12+,27-22?. The van der Waals surface area contributed by atoms with Gasteiger partial charge in [0.25, 0.3) is 5.91 Å². The highest BCUT2D eigenvalue weighted by Crippen LogP contribution is 2.32. The number of benzene rings is 2. The summed E-state index contributed by atoms with van der Waals surface area (Å²) in [5.74, 6) is -0.418. The van der Waals surface area contributed by atoms with Crippen molar-refractivity contribution in [3.8, 4) is 5.69 Å². The van der Waals surface area contributed by atoms with Crippen molar-refractivity contribution in [3.05, 3.63) is 93.3 Å². The van der Waals surface area contributed by atoms with E-state index in [0.29, 0.717) is 15.2 Å². The topological polar surface area (TPSA) is 73.8 Å². The number of aliphatic imine (C=N–C) groups is 1. The van der Waals surface area contributed by atoms with Crippen LogP contribution < -0.4 is 0 Å². The van der Waals surface area contributed by atoms with Gasteiger partial charge >= 0.3 is 0 Å². The van der Waals surface area contributed by atoms with E-state index in [0.717, 1.165) is 33.8 Å². The number of aromatic nitrogens is 1. The Morgan fingerprint density at radius 1 is 1.06 bits per heavy atom. The molecule has 0 unspecified atom stereocenters. The van der Waals surface area contributed by atoms with Gasteiger partial charge in [-0.15, -0.1) is 0 Å². The van der Waals surface area contributed by atoms with E-state index >= 15 is 0 Å². The Labute approximate surface area is 200 Å². The third-order valence-electron chi connectivity index (χ3n) is 5.66. The molecule has 2 aliphatic heterocycles. The third kappa shape index (κ3) is 3.73. The Morgan fingerprint density at radius 2 is 1.82 bits per heavy atom. The molecule has 0 radical (unpaired) electrons. The molecule has 33 heavy (non-hydrogen) atoms. The van der Waals surface area contributed by atoms with Crippen LogP contribution in [0.25, 0.3) is 11.8 Å². The van der Waals surface area contributed by atoms with Gasteiger partial charge in [-0.3, -0.25) is 10.2 Å². The van der Waals surface area contributed by atoms with E-state index < -0.39 is 5.91 Å². The summed E-state index contributed by atoms with van der Waals surface area (Å²) in [6.45, 7) is 5.95. The Bertz CT molecular complexity index is 1420. The third-order valence-corrected chi connectivity index (χ3v) is 7.02. The average molecular weight is 474 g/mol. The van der Waals surface area contributed by atoms with Crippen LogP contribution in [0.3, 0.4) is 0 Å². The SMILES string of the molecule is Cc1ccc(-n2c(C)cc(/C=C3\C(=N)N4N=C(c5ccccc5)SC4=NC3=O)c2C)cc1Cl. The zero-order valence-electron chi connectivity index (χ0n) is 18.3. The molecule has 2 aliphatic rings. The van der Waals surface area contributed by atoms with Crippen LogP contribution in [0.5, 0.6) is 0 Å². The number of rotatable bonds is 3. The first-order valence-electron chi connectivity index (χ1n) is 10.3. The fourth-order valence-corrected chi connectivity index (χ4v) is 4.97. The highest BCUT2D eigenvalue weighted by Gasteiger charge is 2.36. The zero-order valence-corrected chi connectivity index (χ0v) is 19.8. The summed E-state index contributed by atoms with van der Waals surface area (Å²) in [4.78, 5) is 17.0. The van der Waals surface area contributed by atoms with E-state index in [9.17, 15) is 4.79 Å². The van der Waals surface area contributed by atoms with Crippen molar-refractivity contribution in [2.45, 2.75) is 20.8 Å². The summed E-state index contributed by atoms with van der Waals surface area (Å²) in [6.07, 6.45) is 1.72. The predicted molar refractivity (Wildman–Crippen MR) is 136 cm³/mol. The van der Waals surface area contributed by atoms with Crippen LogP contribution in [0, 0.1) is 26.2 Å². The number of fused-ring (bicyclic) bond motifs is 1. The molecule has 1 N–H and O–H groups in total. The van der Waals surface area contributed by atoms with Crippen molar-refractivity contribution >= 4 is 51.4 Å². The number of aryl methyl sites for hydroxylation is 2. The number of hydrogen-bond donors (Lipinski definition) is 1. The van der Waals surface area contributed by atoms with Gasteiger partial charge in [-0.05, 0) is 67.9 Å². The van der Waals surface area contributed by atoms with Crippen LogP contribution in [0.4, 0.5) is 0 Å². The second kappa shape index (κ2) is 8.17. The number of hydrogen-bond acceptors (Lipinski definition) is 4. The predicted octanol–water partition coefficient (Wildman–Crippen LogP) is 5.72. The molecule has 8 heteroatoms. The van der Waals surface area contributed by atoms with Gasteiger partial charge in [0, 0.05) is 27.7 Å². The monoisotopic (exact) mass is 473 g/mol. The van der Waals surface area contributed by atoms with Crippen molar-refractivity contribution < 1.29 is 4.79 Å². The summed E-state index contributed by atoms with van der Waals surface area (Å²) >= 11 is 7.64. The Hall–Kier alpha value is -3.42. The van der Waals surface area contributed by atoms with Crippen molar-refractivity contribution in [2.24, 2.45) is 10.1 Å². The lowest BCUT2D eigenvalue weighted by Crippen LogP contribution is -2.35. The van der Waals surface area contributed by atoms with Gasteiger partial charge < -0.3 is 4.57 Å². The number of hydrazone groups is 1. The quantitative estimate of drug-likeness (QED) is 0.494. The fraction of sp³-hybridized carbons (Fsp3) is 0.120. The number of thioether (sulfide) groups is 1. The van der Waals surface area contributed by atoms with Crippen molar-refractivity contribution in [1.29, 1.82) is 5.41 Å². The van der Waals surface area contributed by atoms with Gasteiger partial charge in [-0.25, -0.2) is 0 Å². The number of halogens is 1. The molecule has 0 saturated heterocycles. The summed E-state index contributed by atoms with van der Waals surface area (Å²) in [6, 6.07) is 17.6. The maximum Gasteiger partial charge on any atom is 0.283 e. The van der Waals surface area contributed by atoms with Crippen molar-refractivity contribution in [3.63, 3.8) is 0 Å². The number of carbonyl (C=O) groups excluding carboxylic acids is 1. The van der Waals surface area contributed by atoms with Crippen LogP contribution in [-0.4, -0.2) is 31.5 Å². The number of nitrogens with zero attached hydrogens (tertiary/aromatic N) is 4. The minimum atomic E-state index is -0.438. The molecule has 3 aromatic rings. The molecular weight excluding hydrogens is 454 g/mol. The lowest BCUT2D eigenvalue weighted by atomic mass is 10.1. The smallest absolute Gasteiger partial charge is 0.283 e. The minimum absolute atomic E-state index is 0.0200. The zero-order chi connectivity index (χ0) is 23.3. The van der Waals surface area contributed by atoms with Gasteiger partial charge in [0.05, 0.1) is 5.57 Å². The van der Waals surface area contributed by atoms with Gasteiger partial charge in [-0.1, -0.05) is 48.0 Å². The molecule has 1 amide bonds. The van der Waals surface area contributed by atoms with E-state index in [2.05, 4.69) is 14.7 Å². The Balaban J connectivity index is 1.52. The van der Waals surface area contributed by atoms with Crippen LogP contribution in [0.2, 0.25) is 5.02 Å². The van der Waals surface area contributed by atoms with E-state index in [1.54, 1.807) is 6.08 Å². The van der Waals surface area contributed by atoms with Crippen molar-refractivity contribution in [2.75, 3.05) is 0 Å². The first-order chi connectivity index (χ1) is 15.8. The molecule has 0 fully saturated rings. The molecule has 3 heterocycles. The molecule has 0 atom stereocenters. The lowest BCUT2D eigenvalue weighted by molar-refractivity contribution is -0.114. The lowest BCUT2D eigenvalue weighted by Gasteiger charge is -2.20. The van der Waals surface area contributed by atoms with Gasteiger partial charge in [0.15, 0.2) is 5.84 Å². The van der Waals surface area contributed by atoms with E-state index in [-0.39, 0.29) is 11.4 Å². The average Bonchev–Trinajstić information content (AvgIpc) is 3.34. The number of amidine groups is 2. The highest BCUT2D eigenvalue weighted by molar-refractivity contribution is 8.27. The number of carbonyl (C=O) groups is 1. The largest absolute Gasteiger partial charge is 0.318 e. The number of nitrogens with one attached hydrogen (secondary N) is 1. The van der Waals surface area contributed by atoms with Crippen LogP contribution >= 0.6 is 23.4 Å². The normalized spacial score (nSPS) is 16.8. The van der Waals surface area contributed by atoms with Gasteiger partial charge in [0.1, 0.15) is 5.04 Å². The van der Waals surface area contributed by atoms with Crippen LogP contribution in [0.1, 0.15) is 28.1 Å². The molecule has 0 saturated carbocycles. The maximum atomic E-state index is 12.8. The fourth-order valence-electron chi connectivity index (χ4n) is 3.90. The summed E-state index contributed by atoms with van der Waals surface area (Å²) in [5, 5.41) is 16.4. The highest BCUT2D eigenvalue weighted by atomic mass is 35.5. The Morgan fingerprint density at radius 3 is 2.55 bits per heavy atom. The first-order valence-corrected chi connectivity index (χ1v) is 11.5. The maximum absolute atomic E-state index is 12.8. The molecule has 2 aromatic carbocycles.